The number of hydrogen-bond donors (Lipinski definition) is 2. The Kier molecular flexibility index (Phi) is 4.66. The zero-order valence-electron chi connectivity index (χ0n) is 11.5. The Bertz CT molecular complexity index is 726. The van der Waals surface area contributed by atoms with Crippen LogP contribution in [0.5, 0.6) is 0 Å². The molecule has 1 aromatic rings. The molecular formula is C12H17FN2O4S2. The van der Waals surface area contributed by atoms with Crippen molar-refractivity contribution >= 4 is 19.9 Å². The third-order valence-corrected chi connectivity index (χ3v) is 5.88. The fraction of sp³-hybridized carbons (Fsp3) is 0.500. The van der Waals surface area contributed by atoms with Gasteiger partial charge in [0.1, 0.15) is 10.7 Å². The number of piperidine rings is 1. The minimum Gasteiger partial charge on any atom is -0.315 e. The summed E-state index contributed by atoms with van der Waals surface area (Å²) in [6.45, 7) is 1.36. The quantitative estimate of drug-likeness (QED) is 0.823. The van der Waals surface area contributed by atoms with Gasteiger partial charge in [-0.25, -0.2) is 25.9 Å². The molecule has 9 heteroatoms. The molecule has 1 saturated heterocycles. The second-order valence-electron chi connectivity index (χ2n) is 5.03. The van der Waals surface area contributed by atoms with Crippen molar-refractivity contribution in [3.63, 3.8) is 0 Å². The molecule has 0 aliphatic carbocycles. The van der Waals surface area contributed by atoms with Gasteiger partial charge in [0, 0.05) is 18.8 Å². The first-order valence-corrected chi connectivity index (χ1v) is 9.80. The van der Waals surface area contributed by atoms with Crippen molar-refractivity contribution in [1.82, 2.24) is 10.0 Å². The highest BCUT2D eigenvalue weighted by molar-refractivity contribution is 7.90. The zero-order valence-corrected chi connectivity index (χ0v) is 13.1. The number of halogens is 1. The molecule has 2 rings (SSSR count). The highest BCUT2D eigenvalue weighted by Gasteiger charge is 2.23. The third-order valence-electron chi connectivity index (χ3n) is 3.23. The molecule has 0 radical (unpaired) electrons. The first-order chi connectivity index (χ1) is 9.70. The largest absolute Gasteiger partial charge is 0.315 e. The topological polar surface area (TPSA) is 92.3 Å². The number of sulfone groups is 1. The molecule has 118 valence electrons. The summed E-state index contributed by atoms with van der Waals surface area (Å²) in [7, 11) is -7.59. The summed E-state index contributed by atoms with van der Waals surface area (Å²) < 4.78 is 63.2. The van der Waals surface area contributed by atoms with E-state index < -0.39 is 30.6 Å². The van der Waals surface area contributed by atoms with Crippen LogP contribution in [0.1, 0.15) is 12.8 Å². The van der Waals surface area contributed by atoms with Gasteiger partial charge in [0.15, 0.2) is 9.84 Å². The molecule has 6 nitrogen and oxygen atoms in total. The lowest BCUT2D eigenvalue weighted by atomic mass is 10.1. The van der Waals surface area contributed by atoms with Gasteiger partial charge in [0.25, 0.3) is 0 Å². The summed E-state index contributed by atoms with van der Waals surface area (Å²) in [5, 5.41) is 3.07. The maximum atomic E-state index is 13.8. The predicted molar refractivity (Wildman–Crippen MR) is 75.7 cm³/mol. The van der Waals surface area contributed by atoms with E-state index in [1.54, 1.807) is 0 Å². The maximum absolute atomic E-state index is 13.8. The SMILES string of the molecule is CS(=O)(=O)c1ccc(S(=O)(=O)NC2CCCNC2)cc1F. The molecule has 1 atom stereocenters. The van der Waals surface area contributed by atoms with Gasteiger partial charge in [0.05, 0.1) is 4.90 Å². The Balaban J connectivity index is 2.26. The van der Waals surface area contributed by atoms with Crippen LogP contribution in [-0.4, -0.2) is 42.2 Å². The molecule has 1 aliphatic heterocycles. The van der Waals surface area contributed by atoms with Gasteiger partial charge in [-0.2, -0.15) is 0 Å². The lowest BCUT2D eigenvalue weighted by Crippen LogP contribution is -2.45. The molecule has 0 amide bonds. The smallest absolute Gasteiger partial charge is 0.240 e. The van der Waals surface area contributed by atoms with Crippen molar-refractivity contribution in [1.29, 1.82) is 0 Å². The van der Waals surface area contributed by atoms with Crippen LogP contribution in [0.2, 0.25) is 0 Å². The predicted octanol–water partition coefficient (Wildman–Crippen LogP) is 0.259. The lowest BCUT2D eigenvalue weighted by Gasteiger charge is -2.23. The molecule has 0 spiro atoms. The van der Waals surface area contributed by atoms with Crippen LogP contribution >= 0.6 is 0 Å². The number of nitrogens with one attached hydrogen (secondary N) is 2. The average molecular weight is 336 g/mol. The standard InChI is InChI=1S/C12H17FN2O4S2/c1-20(16,17)12-5-4-10(7-11(12)13)21(18,19)15-9-3-2-6-14-8-9/h4-5,7,9,14-15H,2-3,6,8H2,1H3. The summed E-state index contributed by atoms with van der Waals surface area (Å²) in [6.07, 6.45) is 2.43. The van der Waals surface area contributed by atoms with E-state index in [-0.39, 0.29) is 10.9 Å². The Morgan fingerprint density at radius 2 is 2.00 bits per heavy atom. The van der Waals surface area contributed by atoms with Crippen LogP contribution in [0.15, 0.2) is 28.0 Å². The summed E-state index contributed by atoms with van der Waals surface area (Å²) in [4.78, 5) is -0.793. The minimum atomic E-state index is -3.87. The summed E-state index contributed by atoms with van der Waals surface area (Å²) in [6, 6.07) is 2.55. The number of hydrogen-bond acceptors (Lipinski definition) is 5. The minimum absolute atomic E-state index is 0.249. The van der Waals surface area contributed by atoms with Gasteiger partial charge >= 0.3 is 0 Å². The Labute approximate surface area is 123 Å². The first-order valence-electron chi connectivity index (χ1n) is 6.43. The third kappa shape index (κ3) is 4.00. The Hall–Kier alpha value is -1.03. The van der Waals surface area contributed by atoms with Gasteiger partial charge < -0.3 is 5.32 Å². The van der Waals surface area contributed by atoms with Gasteiger partial charge in [-0.15, -0.1) is 0 Å². The number of benzene rings is 1. The zero-order chi connectivity index (χ0) is 15.7. The van der Waals surface area contributed by atoms with E-state index in [4.69, 9.17) is 0 Å². The number of sulfonamides is 1. The van der Waals surface area contributed by atoms with Crippen molar-refractivity contribution < 1.29 is 21.2 Å². The molecule has 1 aliphatic rings. The molecule has 1 unspecified atom stereocenters. The molecule has 1 fully saturated rings. The Morgan fingerprint density at radius 1 is 1.29 bits per heavy atom. The van der Waals surface area contributed by atoms with Gasteiger partial charge in [-0.05, 0) is 37.6 Å². The van der Waals surface area contributed by atoms with Crippen LogP contribution in [0.4, 0.5) is 4.39 Å². The van der Waals surface area contributed by atoms with Crippen LogP contribution in [0, 0.1) is 5.82 Å². The summed E-state index contributed by atoms with van der Waals surface area (Å²) in [5.74, 6) is -1.07. The molecule has 21 heavy (non-hydrogen) atoms. The maximum Gasteiger partial charge on any atom is 0.240 e. The van der Waals surface area contributed by atoms with Gasteiger partial charge in [-0.1, -0.05) is 0 Å². The van der Waals surface area contributed by atoms with Gasteiger partial charge in [0.2, 0.25) is 10.0 Å². The van der Waals surface area contributed by atoms with E-state index in [1.807, 2.05) is 0 Å². The van der Waals surface area contributed by atoms with E-state index in [0.29, 0.717) is 13.0 Å². The van der Waals surface area contributed by atoms with Crippen molar-refractivity contribution in [2.24, 2.45) is 0 Å². The van der Waals surface area contributed by atoms with E-state index in [9.17, 15) is 21.2 Å². The summed E-state index contributed by atoms with van der Waals surface area (Å²) >= 11 is 0. The average Bonchev–Trinajstić information content (AvgIpc) is 2.37. The molecule has 0 saturated carbocycles. The molecule has 0 bridgehead atoms. The normalized spacial score (nSPS) is 20.4. The monoisotopic (exact) mass is 336 g/mol. The van der Waals surface area contributed by atoms with Gasteiger partial charge in [-0.3, -0.25) is 0 Å². The second kappa shape index (κ2) is 5.99. The highest BCUT2D eigenvalue weighted by atomic mass is 32.2. The number of rotatable bonds is 4. The molecule has 2 N–H and O–H groups in total. The molecular weight excluding hydrogens is 319 g/mol. The fourth-order valence-corrected chi connectivity index (χ4v) is 4.20. The van der Waals surface area contributed by atoms with Crippen LogP contribution in [0.25, 0.3) is 0 Å². The Morgan fingerprint density at radius 3 is 2.52 bits per heavy atom. The summed E-state index contributed by atoms with van der Waals surface area (Å²) in [5.41, 5.74) is 0. The fourth-order valence-electron chi connectivity index (χ4n) is 2.19. The first kappa shape index (κ1) is 16.3. The molecule has 1 aromatic carbocycles. The lowest BCUT2D eigenvalue weighted by molar-refractivity contribution is 0.428. The van der Waals surface area contributed by atoms with Crippen LogP contribution in [-0.2, 0) is 19.9 Å². The second-order valence-corrected chi connectivity index (χ2v) is 8.73. The van der Waals surface area contributed by atoms with Crippen molar-refractivity contribution in [2.75, 3.05) is 19.3 Å². The molecule has 0 aromatic heterocycles. The van der Waals surface area contributed by atoms with Crippen LogP contribution in [0.3, 0.4) is 0 Å². The van der Waals surface area contributed by atoms with E-state index >= 15 is 0 Å². The van der Waals surface area contributed by atoms with E-state index in [2.05, 4.69) is 10.0 Å². The van der Waals surface area contributed by atoms with Crippen molar-refractivity contribution in [2.45, 2.75) is 28.7 Å². The van der Waals surface area contributed by atoms with Crippen molar-refractivity contribution in [3.8, 4) is 0 Å². The van der Waals surface area contributed by atoms with E-state index in [1.165, 1.54) is 0 Å². The van der Waals surface area contributed by atoms with E-state index in [0.717, 1.165) is 37.4 Å². The highest BCUT2D eigenvalue weighted by Crippen LogP contribution is 2.19. The van der Waals surface area contributed by atoms with Crippen molar-refractivity contribution in [3.05, 3.63) is 24.0 Å². The molecule has 1 heterocycles. The van der Waals surface area contributed by atoms with Crippen LogP contribution < -0.4 is 10.0 Å².